The van der Waals surface area contributed by atoms with E-state index >= 15 is 0 Å². The van der Waals surface area contributed by atoms with Gasteiger partial charge in [-0.2, -0.15) is 0 Å². The maximum Gasteiger partial charge on any atom is 0.401 e. The van der Waals surface area contributed by atoms with Crippen LogP contribution in [0.3, 0.4) is 0 Å². The minimum atomic E-state index is -1.04. The first kappa shape index (κ1) is 15.9. The zero-order valence-corrected chi connectivity index (χ0v) is 13.2. The summed E-state index contributed by atoms with van der Waals surface area (Å²) in [5.74, 6) is -3.02. The maximum atomic E-state index is 12.0. The van der Waals surface area contributed by atoms with Gasteiger partial charge in [-0.15, -0.1) is 0 Å². The predicted molar refractivity (Wildman–Crippen MR) is 84.3 cm³/mol. The minimum absolute atomic E-state index is 0.0891. The van der Waals surface area contributed by atoms with Crippen LogP contribution in [0.4, 0.5) is 5.69 Å². The van der Waals surface area contributed by atoms with Crippen molar-refractivity contribution < 1.29 is 24.4 Å². The Kier molecular flexibility index (Phi) is 3.88. The lowest BCUT2D eigenvalue weighted by atomic mass is 10.0. The monoisotopic (exact) mass is 331 g/mol. The number of carbonyl (C=O) groups is 2. The number of fused-ring (bicyclic) bond motifs is 1. The zero-order chi connectivity index (χ0) is 17.4. The van der Waals surface area contributed by atoms with E-state index in [9.17, 15) is 14.7 Å². The van der Waals surface area contributed by atoms with Crippen molar-refractivity contribution >= 4 is 23.3 Å². The first-order valence-electron chi connectivity index (χ1n) is 7.46. The Morgan fingerprint density at radius 2 is 1.92 bits per heavy atom. The number of hydroxylamine groups is 2. The summed E-state index contributed by atoms with van der Waals surface area (Å²) in [6.07, 6.45) is 0.327. The number of nitrogen functional groups attached to an aromatic ring is 1. The van der Waals surface area contributed by atoms with Crippen LogP contribution in [-0.2, 0) is 19.3 Å². The summed E-state index contributed by atoms with van der Waals surface area (Å²) in [4.78, 5) is 33.9. The second-order valence-corrected chi connectivity index (χ2v) is 5.78. The van der Waals surface area contributed by atoms with Gasteiger partial charge in [0.2, 0.25) is 5.76 Å². The fourth-order valence-corrected chi connectivity index (χ4v) is 2.65. The molecule has 2 heterocycles. The third-order valence-electron chi connectivity index (χ3n) is 4.00. The van der Waals surface area contributed by atoms with Crippen LogP contribution in [0.5, 0.6) is 0 Å². The molecule has 1 aromatic rings. The molecule has 0 amide bonds. The molecule has 3 N–H and O–H groups in total. The van der Waals surface area contributed by atoms with E-state index < -0.39 is 23.6 Å². The SMILES string of the molecule is CC1C(=O)ON2/C1=C(/O)C(=O)O/N=C(/c1ccc(N)cc1)CC2C. The molecule has 0 spiro atoms. The third kappa shape index (κ3) is 2.66. The molecule has 0 bridgehead atoms. The van der Waals surface area contributed by atoms with Crippen molar-refractivity contribution in [3.8, 4) is 0 Å². The molecule has 2 unspecified atom stereocenters. The van der Waals surface area contributed by atoms with Crippen LogP contribution in [0.25, 0.3) is 0 Å². The highest BCUT2D eigenvalue weighted by atomic mass is 16.7. The molecule has 8 nitrogen and oxygen atoms in total. The molecule has 1 aromatic carbocycles. The Morgan fingerprint density at radius 1 is 1.25 bits per heavy atom. The third-order valence-corrected chi connectivity index (χ3v) is 4.00. The number of aliphatic hydroxyl groups is 1. The highest BCUT2D eigenvalue weighted by Gasteiger charge is 2.43. The molecule has 1 saturated heterocycles. The largest absolute Gasteiger partial charge is 0.500 e. The van der Waals surface area contributed by atoms with Crippen molar-refractivity contribution in [2.24, 2.45) is 11.1 Å². The van der Waals surface area contributed by atoms with Gasteiger partial charge in [-0.25, -0.2) is 14.7 Å². The molecule has 0 aromatic heterocycles. The molecule has 2 atom stereocenters. The number of carbonyl (C=O) groups excluding carboxylic acids is 2. The van der Waals surface area contributed by atoms with Gasteiger partial charge in [0.1, 0.15) is 11.6 Å². The predicted octanol–water partition coefficient (Wildman–Crippen LogP) is 1.49. The van der Waals surface area contributed by atoms with E-state index in [0.29, 0.717) is 23.4 Å². The van der Waals surface area contributed by atoms with Crippen molar-refractivity contribution in [3.05, 3.63) is 41.3 Å². The van der Waals surface area contributed by atoms with E-state index in [1.165, 1.54) is 5.06 Å². The second kappa shape index (κ2) is 5.88. The molecular formula is C16H17N3O5. The van der Waals surface area contributed by atoms with Crippen LogP contribution < -0.4 is 5.73 Å². The van der Waals surface area contributed by atoms with Crippen molar-refractivity contribution in [1.29, 1.82) is 0 Å². The van der Waals surface area contributed by atoms with Gasteiger partial charge in [0.05, 0.1) is 11.8 Å². The normalized spacial score (nSPS) is 29.6. The van der Waals surface area contributed by atoms with E-state index in [4.69, 9.17) is 15.4 Å². The van der Waals surface area contributed by atoms with E-state index in [0.717, 1.165) is 0 Å². The highest BCUT2D eigenvalue weighted by molar-refractivity contribution is 6.01. The molecule has 2 aliphatic heterocycles. The lowest BCUT2D eigenvalue weighted by Crippen LogP contribution is -2.31. The first-order valence-corrected chi connectivity index (χ1v) is 7.46. The summed E-state index contributed by atoms with van der Waals surface area (Å²) < 4.78 is 0. The molecule has 126 valence electrons. The van der Waals surface area contributed by atoms with Gasteiger partial charge in [0, 0.05) is 12.1 Å². The molecule has 2 aliphatic rings. The van der Waals surface area contributed by atoms with Gasteiger partial charge in [-0.05, 0) is 31.5 Å². The molecular weight excluding hydrogens is 314 g/mol. The Bertz CT molecular complexity index is 753. The topological polar surface area (TPSA) is 114 Å². The standard InChI is InChI=1S/C16H17N3O5/c1-8-7-12(10-3-5-11(17)6-4-10)18-23-16(22)14(20)13-9(2)15(21)24-19(8)13/h3-6,8-9,20H,7,17H2,1-2H3/b14-13+,18-12+. The van der Waals surface area contributed by atoms with Crippen molar-refractivity contribution in [3.63, 3.8) is 0 Å². The molecule has 24 heavy (non-hydrogen) atoms. The molecule has 3 rings (SSSR count). The number of benzene rings is 1. The van der Waals surface area contributed by atoms with Gasteiger partial charge in [-0.1, -0.05) is 17.3 Å². The van der Waals surface area contributed by atoms with Gasteiger partial charge < -0.3 is 20.5 Å². The summed E-state index contributed by atoms with van der Waals surface area (Å²) in [6, 6.07) is 6.55. The van der Waals surface area contributed by atoms with Crippen molar-refractivity contribution in [1.82, 2.24) is 5.06 Å². The van der Waals surface area contributed by atoms with E-state index in [1.807, 2.05) is 0 Å². The summed E-state index contributed by atoms with van der Waals surface area (Å²) >= 11 is 0. The van der Waals surface area contributed by atoms with Gasteiger partial charge in [0.25, 0.3) is 0 Å². The Hall–Kier alpha value is -3.03. The van der Waals surface area contributed by atoms with Crippen LogP contribution in [0.1, 0.15) is 25.8 Å². The van der Waals surface area contributed by atoms with Crippen molar-refractivity contribution in [2.45, 2.75) is 26.3 Å². The average Bonchev–Trinajstić information content (AvgIpc) is 2.87. The van der Waals surface area contributed by atoms with Gasteiger partial charge in [0.15, 0.2) is 0 Å². The number of rotatable bonds is 1. The second-order valence-electron chi connectivity index (χ2n) is 5.78. The Balaban J connectivity index is 2.00. The van der Waals surface area contributed by atoms with Crippen LogP contribution in [0.2, 0.25) is 0 Å². The molecule has 0 radical (unpaired) electrons. The van der Waals surface area contributed by atoms with Crippen molar-refractivity contribution in [2.75, 3.05) is 5.73 Å². The van der Waals surface area contributed by atoms with Crippen LogP contribution in [-0.4, -0.2) is 33.9 Å². The van der Waals surface area contributed by atoms with Crippen LogP contribution >= 0.6 is 0 Å². The quantitative estimate of drug-likeness (QED) is 0.592. The number of hydrogen-bond donors (Lipinski definition) is 2. The average molecular weight is 331 g/mol. The number of aliphatic hydroxyl groups excluding tert-OH is 1. The lowest BCUT2D eigenvalue weighted by molar-refractivity contribution is -0.174. The summed E-state index contributed by atoms with van der Waals surface area (Å²) in [5.41, 5.74) is 7.54. The number of nitrogens with zero attached hydrogens (tertiary/aromatic N) is 2. The summed E-state index contributed by atoms with van der Waals surface area (Å²) in [6.45, 7) is 3.34. The molecule has 1 fully saturated rings. The Morgan fingerprint density at radius 3 is 2.58 bits per heavy atom. The van der Waals surface area contributed by atoms with Gasteiger partial charge in [-0.3, -0.25) is 0 Å². The number of oxime groups is 1. The van der Waals surface area contributed by atoms with Crippen LogP contribution in [0, 0.1) is 5.92 Å². The first-order chi connectivity index (χ1) is 11.4. The fraction of sp³-hybridized carbons (Fsp3) is 0.312. The smallest absolute Gasteiger partial charge is 0.401 e. The fourth-order valence-electron chi connectivity index (χ4n) is 2.65. The minimum Gasteiger partial charge on any atom is -0.500 e. The highest BCUT2D eigenvalue weighted by Crippen LogP contribution is 2.32. The number of nitrogens with two attached hydrogens (primary N) is 1. The van der Waals surface area contributed by atoms with E-state index in [1.54, 1.807) is 38.1 Å². The zero-order valence-electron chi connectivity index (χ0n) is 13.2. The molecule has 8 heteroatoms. The molecule has 0 saturated carbocycles. The summed E-state index contributed by atoms with van der Waals surface area (Å²) in [5, 5.41) is 15.2. The number of hydrogen-bond acceptors (Lipinski definition) is 8. The van der Waals surface area contributed by atoms with E-state index in [-0.39, 0.29) is 11.7 Å². The van der Waals surface area contributed by atoms with Crippen LogP contribution in [0.15, 0.2) is 40.9 Å². The maximum absolute atomic E-state index is 12.0. The van der Waals surface area contributed by atoms with E-state index in [2.05, 4.69) is 5.16 Å². The molecule has 0 aliphatic carbocycles. The Labute approximate surface area is 138 Å². The summed E-state index contributed by atoms with van der Waals surface area (Å²) in [7, 11) is 0. The van der Waals surface area contributed by atoms with Gasteiger partial charge >= 0.3 is 11.9 Å². The lowest BCUT2D eigenvalue weighted by Gasteiger charge is -2.24. The number of anilines is 1.